The summed E-state index contributed by atoms with van der Waals surface area (Å²) in [5.74, 6) is 0.426. The number of nitrogens with two attached hydrogens (primary N) is 1. The van der Waals surface area contributed by atoms with Crippen molar-refractivity contribution in [3.63, 3.8) is 0 Å². The molecule has 0 atom stereocenters. The lowest BCUT2D eigenvalue weighted by Crippen LogP contribution is -1.91. The second-order valence-corrected chi connectivity index (χ2v) is 7.96. The number of hydrogen-bond donors (Lipinski definition) is 2. The molecule has 0 fully saturated rings. The predicted octanol–water partition coefficient (Wildman–Crippen LogP) is 6.91. The van der Waals surface area contributed by atoms with Crippen molar-refractivity contribution in [3.8, 4) is 11.5 Å². The van der Waals surface area contributed by atoms with Crippen LogP contribution in [-0.2, 0) is 0 Å². The molecule has 0 unspecified atom stereocenters. The number of thiol groups is 1. The Morgan fingerprint density at radius 1 is 1.03 bits per heavy atom. The zero-order valence-corrected chi connectivity index (χ0v) is 18.7. The molecular formula is C18H11Cl3N4O3S2. The van der Waals surface area contributed by atoms with Crippen molar-refractivity contribution in [1.29, 1.82) is 0 Å². The number of halogens is 3. The third-order valence-electron chi connectivity index (χ3n) is 3.64. The Labute approximate surface area is 195 Å². The molecule has 0 aliphatic carbocycles. The minimum absolute atomic E-state index is 0.0845. The second-order valence-electron chi connectivity index (χ2n) is 5.69. The van der Waals surface area contributed by atoms with E-state index >= 15 is 0 Å². The van der Waals surface area contributed by atoms with Gasteiger partial charge in [0, 0.05) is 17.0 Å². The summed E-state index contributed by atoms with van der Waals surface area (Å²) >= 11 is 23.3. The van der Waals surface area contributed by atoms with Gasteiger partial charge in [-0.15, -0.1) is 12.6 Å². The van der Waals surface area contributed by atoms with Gasteiger partial charge in [0.1, 0.15) is 16.8 Å². The average Bonchev–Trinajstić information content (AvgIpc) is 3.16. The van der Waals surface area contributed by atoms with Crippen LogP contribution in [0, 0.1) is 10.1 Å². The molecule has 0 saturated carbocycles. The predicted molar refractivity (Wildman–Crippen MR) is 124 cm³/mol. The van der Waals surface area contributed by atoms with E-state index in [1.54, 1.807) is 12.1 Å². The molecule has 0 spiro atoms. The minimum Gasteiger partial charge on any atom is -0.453 e. The van der Waals surface area contributed by atoms with Crippen LogP contribution >= 0.6 is 59.2 Å². The molecule has 154 valence electrons. The summed E-state index contributed by atoms with van der Waals surface area (Å²) < 4.78 is 13.6. The molecule has 4 aromatic rings. The van der Waals surface area contributed by atoms with E-state index in [9.17, 15) is 10.1 Å². The number of ether oxygens (including phenoxy) is 1. The lowest BCUT2D eigenvalue weighted by Gasteiger charge is -2.11. The maximum absolute atomic E-state index is 10.6. The van der Waals surface area contributed by atoms with Crippen LogP contribution in [0.25, 0.3) is 11.0 Å². The maximum atomic E-state index is 10.6. The molecule has 3 aromatic carbocycles. The number of fused-ring (bicyclic) bond motifs is 1. The summed E-state index contributed by atoms with van der Waals surface area (Å²) in [6, 6.07) is 12.6. The summed E-state index contributed by atoms with van der Waals surface area (Å²) in [6.45, 7) is 0. The van der Waals surface area contributed by atoms with Gasteiger partial charge in [-0.25, -0.2) is 0 Å². The number of nitro benzene ring substituents is 1. The topological polar surface area (TPSA) is 104 Å². The molecule has 7 nitrogen and oxygen atoms in total. The van der Waals surface area contributed by atoms with Gasteiger partial charge >= 0.3 is 0 Å². The van der Waals surface area contributed by atoms with Gasteiger partial charge in [0.15, 0.2) is 5.75 Å². The molecule has 1 heterocycles. The lowest BCUT2D eigenvalue weighted by molar-refractivity contribution is -0.384. The van der Waals surface area contributed by atoms with Crippen molar-refractivity contribution < 1.29 is 9.66 Å². The van der Waals surface area contributed by atoms with Crippen LogP contribution in [0.2, 0.25) is 15.1 Å². The fourth-order valence-electron chi connectivity index (χ4n) is 2.27. The monoisotopic (exact) mass is 500 g/mol. The summed E-state index contributed by atoms with van der Waals surface area (Å²) in [6.07, 6.45) is 0. The molecule has 4 rings (SSSR count). The Bertz CT molecular complexity index is 1210. The van der Waals surface area contributed by atoms with E-state index < -0.39 is 4.92 Å². The van der Waals surface area contributed by atoms with Crippen molar-refractivity contribution in [1.82, 2.24) is 8.75 Å². The standard InChI is InChI=1S/C12H6Cl3NO3S.C6H5N3S/c13-8-3-6(16(17)18)1-2-11(8)19-12-9(14)4-7(20)5-10(12)15;7-4-2-1-3-5-6(4)9-10-8-5/h1-5,20H;1-3H,7H2. The molecule has 0 aliphatic heterocycles. The number of nitro groups is 1. The van der Waals surface area contributed by atoms with Crippen molar-refractivity contribution in [2.45, 2.75) is 4.90 Å². The van der Waals surface area contributed by atoms with E-state index in [0.29, 0.717) is 10.6 Å². The van der Waals surface area contributed by atoms with Gasteiger partial charge in [0.2, 0.25) is 0 Å². The lowest BCUT2D eigenvalue weighted by atomic mass is 10.3. The van der Waals surface area contributed by atoms with E-state index in [-0.39, 0.29) is 32.3 Å². The molecule has 12 heteroatoms. The quantitative estimate of drug-likeness (QED) is 0.137. The van der Waals surface area contributed by atoms with Gasteiger partial charge in [-0.1, -0.05) is 40.9 Å². The Morgan fingerprint density at radius 2 is 1.73 bits per heavy atom. The van der Waals surface area contributed by atoms with Crippen LogP contribution in [0.15, 0.2) is 53.4 Å². The summed E-state index contributed by atoms with van der Waals surface area (Å²) in [5.41, 5.74) is 7.86. The fraction of sp³-hybridized carbons (Fsp3) is 0. The van der Waals surface area contributed by atoms with Crippen LogP contribution in [0.1, 0.15) is 0 Å². The van der Waals surface area contributed by atoms with Gasteiger partial charge in [-0.05, 0) is 30.3 Å². The van der Waals surface area contributed by atoms with E-state index in [2.05, 4.69) is 21.4 Å². The van der Waals surface area contributed by atoms with Crippen molar-refractivity contribution >= 4 is 81.6 Å². The first-order chi connectivity index (χ1) is 14.3. The van der Waals surface area contributed by atoms with Crippen LogP contribution in [0.4, 0.5) is 11.4 Å². The van der Waals surface area contributed by atoms with Crippen molar-refractivity contribution in [2.75, 3.05) is 5.73 Å². The van der Waals surface area contributed by atoms with Crippen LogP contribution in [0.3, 0.4) is 0 Å². The molecule has 0 radical (unpaired) electrons. The molecule has 30 heavy (non-hydrogen) atoms. The van der Waals surface area contributed by atoms with E-state index in [1.165, 1.54) is 29.9 Å². The maximum Gasteiger partial charge on any atom is 0.271 e. The number of anilines is 1. The average molecular weight is 502 g/mol. The number of rotatable bonds is 3. The first-order valence-electron chi connectivity index (χ1n) is 8.03. The van der Waals surface area contributed by atoms with Gasteiger partial charge < -0.3 is 10.5 Å². The Morgan fingerprint density at radius 3 is 2.33 bits per heavy atom. The van der Waals surface area contributed by atoms with E-state index in [1.807, 2.05) is 18.2 Å². The molecule has 0 bridgehead atoms. The van der Waals surface area contributed by atoms with Crippen LogP contribution in [0.5, 0.6) is 11.5 Å². The first kappa shape index (κ1) is 22.4. The summed E-state index contributed by atoms with van der Waals surface area (Å²) in [7, 11) is 0. The second kappa shape index (κ2) is 9.67. The number of aromatic nitrogens is 2. The van der Waals surface area contributed by atoms with Crippen LogP contribution < -0.4 is 10.5 Å². The number of benzene rings is 3. The van der Waals surface area contributed by atoms with Gasteiger partial charge in [-0.2, -0.15) is 8.75 Å². The van der Waals surface area contributed by atoms with Crippen LogP contribution in [-0.4, -0.2) is 13.7 Å². The molecule has 2 N–H and O–H groups in total. The largest absolute Gasteiger partial charge is 0.453 e. The molecular weight excluding hydrogens is 491 g/mol. The number of hydrogen-bond acceptors (Lipinski definition) is 8. The van der Waals surface area contributed by atoms with Gasteiger partial charge in [-0.3, -0.25) is 10.1 Å². The highest BCUT2D eigenvalue weighted by atomic mass is 35.5. The van der Waals surface area contributed by atoms with E-state index in [4.69, 9.17) is 45.3 Å². The zero-order chi connectivity index (χ0) is 21.8. The highest BCUT2D eigenvalue weighted by Crippen LogP contribution is 2.40. The normalized spacial score (nSPS) is 10.4. The Hall–Kier alpha value is -2.30. The smallest absolute Gasteiger partial charge is 0.271 e. The fourth-order valence-corrected chi connectivity index (χ4v) is 4.01. The highest BCUT2D eigenvalue weighted by molar-refractivity contribution is 7.80. The minimum atomic E-state index is -0.550. The third kappa shape index (κ3) is 5.24. The summed E-state index contributed by atoms with van der Waals surface area (Å²) in [4.78, 5) is 10.7. The highest BCUT2D eigenvalue weighted by Gasteiger charge is 2.14. The number of nitrogens with zero attached hydrogens (tertiary/aromatic N) is 3. The molecule has 0 amide bonds. The SMILES string of the molecule is Nc1cccc2nsnc12.O=[N+]([O-])c1ccc(Oc2c(Cl)cc(S)cc2Cl)c(Cl)c1. The van der Waals surface area contributed by atoms with E-state index in [0.717, 1.165) is 11.0 Å². The molecule has 0 aliphatic rings. The first-order valence-corrected chi connectivity index (χ1v) is 10.3. The molecule has 1 aromatic heterocycles. The van der Waals surface area contributed by atoms with Crippen molar-refractivity contribution in [3.05, 3.63) is 73.7 Å². The van der Waals surface area contributed by atoms with Crippen molar-refractivity contribution in [2.24, 2.45) is 0 Å². The Balaban J connectivity index is 0.000000212. The van der Waals surface area contributed by atoms with Gasteiger partial charge in [0.05, 0.1) is 37.4 Å². The number of nitrogen functional groups attached to an aromatic ring is 1. The van der Waals surface area contributed by atoms with Gasteiger partial charge in [0.25, 0.3) is 5.69 Å². The Kier molecular flexibility index (Phi) is 7.22. The number of non-ortho nitro benzene ring substituents is 1. The zero-order valence-electron chi connectivity index (χ0n) is 14.8. The summed E-state index contributed by atoms with van der Waals surface area (Å²) in [5, 5.41) is 11.2. The third-order valence-corrected chi connectivity index (χ3v) is 5.30. The molecule has 0 saturated heterocycles.